The first kappa shape index (κ1) is 28.7. The van der Waals surface area contributed by atoms with Crippen molar-refractivity contribution >= 4 is 42.3 Å². The maximum atomic E-state index is 13.1. The Balaban J connectivity index is 1.95. The second kappa shape index (κ2) is 12.1. The number of alkyl carbamates (subject to hydrolysis) is 1. The van der Waals surface area contributed by atoms with Crippen molar-refractivity contribution in [2.75, 3.05) is 14.2 Å². The average Bonchev–Trinajstić information content (AvgIpc) is 3.16. The van der Waals surface area contributed by atoms with Crippen molar-refractivity contribution in [3.63, 3.8) is 0 Å². The molecule has 0 saturated heterocycles. The van der Waals surface area contributed by atoms with Crippen LogP contribution in [0.3, 0.4) is 0 Å². The molecule has 0 aliphatic heterocycles. The van der Waals surface area contributed by atoms with E-state index in [1.54, 1.807) is 43.5 Å². The molecule has 3 aromatic rings. The smallest absolute Gasteiger partial charge is 0.408 e. The third kappa shape index (κ3) is 8.04. The molecule has 3 rings (SSSR count). The van der Waals surface area contributed by atoms with E-state index >= 15 is 0 Å². The highest BCUT2D eigenvalue weighted by molar-refractivity contribution is 7.52. The van der Waals surface area contributed by atoms with Crippen molar-refractivity contribution in [3.8, 4) is 0 Å². The zero-order valence-electron chi connectivity index (χ0n) is 21.4. The Hall–Kier alpha value is -2.91. The number of fused-ring (bicyclic) bond motifs is 1. The molecule has 200 valence electrons. The predicted octanol–water partition coefficient (Wildman–Crippen LogP) is 5.31. The molecule has 0 saturated carbocycles. The molecule has 0 radical (unpaired) electrons. The molecule has 37 heavy (non-hydrogen) atoms. The average molecular weight is 552 g/mol. The van der Waals surface area contributed by atoms with Crippen LogP contribution in [0.5, 0.6) is 0 Å². The minimum atomic E-state index is -3.53. The molecule has 0 fully saturated rings. The first-order chi connectivity index (χ1) is 17.4. The van der Waals surface area contributed by atoms with Gasteiger partial charge in [-0.1, -0.05) is 41.9 Å². The van der Waals surface area contributed by atoms with Crippen LogP contribution >= 0.6 is 19.2 Å². The molecule has 0 bridgehead atoms. The van der Waals surface area contributed by atoms with Gasteiger partial charge in [0.25, 0.3) is 0 Å². The molecule has 1 atom stereocenters. The minimum Gasteiger partial charge on any atom is -0.459 e. The number of hydrogen-bond acceptors (Lipinski definition) is 8. The molecule has 1 N–H and O–H groups in total. The summed E-state index contributed by atoms with van der Waals surface area (Å²) in [6.45, 7) is 5.16. The Morgan fingerprint density at radius 1 is 1.11 bits per heavy atom. The number of benzene rings is 2. The van der Waals surface area contributed by atoms with Gasteiger partial charge >= 0.3 is 19.7 Å². The summed E-state index contributed by atoms with van der Waals surface area (Å²) in [5.41, 5.74) is 1.11. The van der Waals surface area contributed by atoms with Gasteiger partial charge < -0.3 is 28.4 Å². The van der Waals surface area contributed by atoms with E-state index < -0.39 is 31.3 Å². The van der Waals surface area contributed by atoms with Crippen molar-refractivity contribution < 1.29 is 32.7 Å². The normalized spacial score (nSPS) is 12.8. The van der Waals surface area contributed by atoms with Crippen molar-refractivity contribution in [3.05, 3.63) is 64.9 Å². The number of esters is 1. The topological polar surface area (TPSA) is 118 Å². The Kier molecular flexibility index (Phi) is 9.36. The number of imidazole rings is 1. The highest BCUT2D eigenvalue weighted by atomic mass is 35.5. The molecule has 0 aliphatic carbocycles. The van der Waals surface area contributed by atoms with E-state index in [4.69, 9.17) is 30.1 Å². The van der Waals surface area contributed by atoms with E-state index in [0.717, 1.165) is 5.56 Å². The molecular weight excluding hydrogens is 521 g/mol. The number of aromatic nitrogens is 2. The Morgan fingerprint density at radius 3 is 2.41 bits per heavy atom. The van der Waals surface area contributed by atoms with Crippen molar-refractivity contribution in [1.29, 1.82) is 0 Å². The van der Waals surface area contributed by atoms with Crippen LogP contribution < -0.4 is 5.32 Å². The molecular formula is C25H31ClN3O7P. The second-order valence-electron chi connectivity index (χ2n) is 9.20. The number of rotatable bonds is 10. The van der Waals surface area contributed by atoms with Crippen LogP contribution in [-0.2, 0) is 47.2 Å². The van der Waals surface area contributed by atoms with Gasteiger partial charge in [0.1, 0.15) is 30.4 Å². The molecule has 10 nitrogen and oxygen atoms in total. The van der Waals surface area contributed by atoms with Gasteiger partial charge in [-0.2, -0.15) is 0 Å². The molecule has 0 aliphatic rings. The number of carbonyl (C=O) groups excluding carboxylic acids is 2. The minimum absolute atomic E-state index is 0.0146. The SMILES string of the molecule is COP(=O)(Cn1c(C[C@@H](NC(=O)OC(C)(C)C)C(=O)OCc2ccccc2)nc2cc(Cl)ccc21)OC. The van der Waals surface area contributed by atoms with Crippen LogP contribution in [0, 0.1) is 0 Å². The lowest BCUT2D eigenvalue weighted by atomic mass is 10.2. The first-order valence-corrected chi connectivity index (χ1v) is 13.6. The largest absolute Gasteiger partial charge is 0.459 e. The number of ether oxygens (including phenoxy) is 2. The van der Waals surface area contributed by atoms with Crippen LogP contribution in [0.1, 0.15) is 32.2 Å². The summed E-state index contributed by atoms with van der Waals surface area (Å²) in [6, 6.07) is 13.0. The van der Waals surface area contributed by atoms with E-state index in [9.17, 15) is 14.2 Å². The van der Waals surface area contributed by atoms with E-state index in [2.05, 4.69) is 10.3 Å². The lowest BCUT2D eigenvalue weighted by Crippen LogP contribution is -2.45. The molecule has 2 aromatic carbocycles. The number of nitrogens with one attached hydrogen (secondary N) is 1. The summed E-state index contributed by atoms with van der Waals surface area (Å²) < 4.78 is 35.7. The fraction of sp³-hybridized carbons (Fsp3) is 0.400. The molecule has 0 unspecified atom stereocenters. The zero-order chi connectivity index (χ0) is 27.2. The summed E-state index contributed by atoms with van der Waals surface area (Å²) in [4.78, 5) is 30.3. The number of carbonyl (C=O) groups is 2. The van der Waals surface area contributed by atoms with Gasteiger partial charge in [-0.3, -0.25) is 4.57 Å². The molecule has 0 spiro atoms. The lowest BCUT2D eigenvalue weighted by molar-refractivity contribution is -0.147. The van der Waals surface area contributed by atoms with Gasteiger partial charge in [-0.05, 0) is 44.5 Å². The second-order valence-corrected chi connectivity index (χ2v) is 11.9. The fourth-order valence-corrected chi connectivity index (χ4v) is 4.69. The molecule has 1 aromatic heterocycles. The Labute approximate surface area is 220 Å². The summed E-state index contributed by atoms with van der Waals surface area (Å²) in [5, 5.41) is 3.04. The number of amides is 1. The summed E-state index contributed by atoms with van der Waals surface area (Å²) >= 11 is 6.15. The summed E-state index contributed by atoms with van der Waals surface area (Å²) in [5.74, 6) is -0.350. The van der Waals surface area contributed by atoms with Crippen LogP contribution in [0.25, 0.3) is 11.0 Å². The maximum Gasteiger partial charge on any atom is 0.408 e. The van der Waals surface area contributed by atoms with Gasteiger partial charge in [-0.15, -0.1) is 0 Å². The third-order valence-electron chi connectivity index (χ3n) is 5.25. The van der Waals surface area contributed by atoms with E-state index in [-0.39, 0.29) is 19.3 Å². The number of hydrogen-bond donors (Lipinski definition) is 1. The predicted molar refractivity (Wildman–Crippen MR) is 139 cm³/mol. The quantitative estimate of drug-likeness (QED) is 0.266. The van der Waals surface area contributed by atoms with Crippen molar-refractivity contribution in [2.45, 2.75) is 51.7 Å². The summed E-state index contributed by atoms with van der Waals surface area (Å²) in [6.07, 6.45) is -1.06. The van der Waals surface area contributed by atoms with Crippen LogP contribution in [0.2, 0.25) is 5.02 Å². The fourth-order valence-electron chi connectivity index (χ4n) is 3.48. The van der Waals surface area contributed by atoms with Gasteiger partial charge in [0, 0.05) is 25.7 Å². The Bertz CT molecular complexity index is 1280. The van der Waals surface area contributed by atoms with E-state index in [1.807, 2.05) is 30.3 Å². The molecule has 12 heteroatoms. The zero-order valence-corrected chi connectivity index (χ0v) is 23.0. The third-order valence-corrected chi connectivity index (χ3v) is 7.22. The maximum absolute atomic E-state index is 13.1. The highest BCUT2D eigenvalue weighted by Gasteiger charge is 2.31. The molecule has 1 heterocycles. The standard InChI is InChI=1S/C25H31ClN3O7P/c1-25(2,3)36-24(31)28-20(23(30)35-15-17-9-7-6-8-10-17)14-22-27-19-13-18(26)11-12-21(19)29(22)16-37(32,33-4)34-5/h6-13,20H,14-16H2,1-5H3,(H,28,31)/t20-/m1/s1. The van der Waals surface area contributed by atoms with Crippen LogP contribution in [0.4, 0.5) is 4.79 Å². The van der Waals surface area contributed by atoms with Gasteiger partial charge in [0.15, 0.2) is 0 Å². The van der Waals surface area contributed by atoms with E-state index in [1.165, 1.54) is 14.2 Å². The van der Waals surface area contributed by atoms with Crippen LogP contribution in [0.15, 0.2) is 48.5 Å². The monoisotopic (exact) mass is 551 g/mol. The first-order valence-electron chi connectivity index (χ1n) is 11.5. The van der Waals surface area contributed by atoms with Gasteiger partial charge in [0.05, 0.1) is 11.0 Å². The van der Waals surface area contributed by atoms with Gasteiger partial charge in [0.2, 0.25) is 0 Å². The van der Waals surface area contributed by atoms with Crippen molar-refractivity contribution in [2.24, 2.45) is 0 Å². The van der Waals surface area contributed by atoms with Crippen molar-refractivity contribution in [1.82, 2.24) is 14.9 Å². The highest BCUT2D eigenvalue weighted by Crippen LogP contribution is 2.49. The summed E-state index contributed by atoms with van der Waals surface area (Å²) in [7, 11) is -0.956. The molecule has 1 amide bonds. The Morgan fingerprint density at radius 2 is 1.78 bits per heavy atom. The van der Waals surface area contributed by atoms with Crippen LogP contribution in [-0.4, -0.2) is 47.5 Å². The lowest BCUT2D eigenvalue weighted by Gasteiger charge is -2.23. The number of nitrogens with zero attached hydrogens (tertiary/aromatic N) is 2. The van der Waals surface area contributed by atoms with E-state index in [0.29, 0.717) is 21.9 Å². The number of halogens is 1. The van der Waals surface area contributed by atoms with Gasteiger partial charge in [-0.25, -0.2) is 14.6 Å².